The molecule has 1 unspecified atom stereocenters. The second-order valence-electron chi connectivity index (χ2n) is 5.59. The molecule has 0 spiro atoms. The van der Waals surface area contributed by atoms with Gasteiger partial charge in [-0.1, -0.05) is 6.92 Å². The highest BCUT2D eigenvalue weighted by Crippen LogP contribution is 2.38. The number of carbonyl (C=O) groups is 1. The third kappa shape index (κ3) is 3.53. The molecule has 0 saturated heterocycles. The lowest BCUT2D eigenvalue weighted by Gasteiger charge is -2.29. The second kappa shape index (κ2) is 5.70. The van der Waals surface area contributed by atoms with Gasteiger partial charge in [-0.15, -0.1) is 0 Å². The lowest BCUT2D eigenvalue weighted by atomic mass is 9.94. The lowest BCUT2D eigenvalue weighted by Crippen LogP contribution is -2.46. The fourth-order valence-corrected chi connectivity index (χ4v) is 2.11. The third-order valence-electron chi connectivity index (χ3n) is 3.90. The molecule has 0 aromatic carbocycles. The van der Waals surface area contributed by atoms with Crippen LogP contribution in [-0.4, -0.2) is 28.1 Å². The molecule has 1 amide bonds. The topological polar surface area (TPSA) is 62.2 Å². The number of hydrogen-bond acceptors (Lipinski definition) is 3. The summed E-state index contributed by atoms with van der Waals surface area (Å²) in [5.41, 5.74) is 1.33. The molecule has 0 aliphatic heterocycles. The molecule has 0 bridgehead atoms. The zero-order valence-corrected chi connectivity index (χ0v) is 11.6. The summed E-state index contributed by atoms with van der Waals surface area (Å²) < 4.78 is 0. The van der Waals surface area contributed by atoms with Gasteiger partial charge < -0.3 is 10.4 Å². The van der Waals surface area contributed by atoms with Gasteiger partial charge in [-0.3, -0.25) is 9.78 Å². The SMILES string of the molecule is CCC(C)(CCO)NC(=O)c1ccnc(C2CC2)c1. The molecule has 104 valence electrons. The first-order chi connectivity index (χ1) is 9.08. The molecule has 1 atom stereocenters. The minimum Gasteiger partial charge on any atom is -0.396 e. The van der Waals surface area contributed by atoms with E-state index in [0.29, 0.717) is 17.9 Å². The van der Waals surface area contributed by atoms with E-state index in [4.69, 9.17) is 5.11 Å². The minimum atomic E-state index is -0.352. The van der Waals surface area contributed by atoms with Crippen LogP contribution in [-0.2, 0) is 0 Å². The predicted molar refractivity (Wildman–Crippen MR) is 74.1 cm³/mol. The highest BCUT2D eigenvalue weighted by Gasteiger charge is 2.27. The first kappa shape index (κ1) is 14.0. The van der Waals surface area contributed by atoms with Gasteiger partial charge in [0, 0.05) is 35.5 Å². The quantitative estimate of drug-likeness (QED) is 0.826. The summed E-state index contributed by atoms with van der Waals surface area (Å²) in [7, 11) is 0. The summed E-state index contributed by atoms with van der Waals surface area (Å²) in [6, 6.07) is 3.64. The fourth-order valence-electron chi connectivity index (χ4n) is 2.11. The summed E-state index contributed by atoms with van der Waals surface area (Å²) in [6.45, 7) is 4.05. The number of aliphatic hydroxyl groups is 1. The number of amides is 1. The predicted octanol–water partition coefficient (Wildman–Crippen LogP) is 2.24. The van der Waals surface area contributed by atoms with E-state index in [1.807, 2.05) is 19.9 Å². The van der Waals surface area contributed by atoms with Crippen molar-refractivity contribution in [1.29, 1.82) is 0 Å². The first-order valence-electron chi connectivity index (χ1n) is 6.97. The van der Waals surface area contributed by atoms with Crippen LogP contribution in [0.25, 0.3) is 0 Å². The van der Waals surface area contributed by atoms with Crippen LogP contribution < -0.4 is 5.32 Å². The van der Waals surface area contributed by atoms with Crippen molar-refractivity contribution < 1.29 is 9.90 Å². The van der Waals surface area contributed by atoms with Crippen molar-refractivity contribution in [2.24, 2.45) is 0 Å². The van der Waals surface area contributed by atoms with Gasteiger partial charge in [-0.2, -0.15) is 0 Å². The van der Waals surface area contributed by atoms with Crippen molar-refractivity contribution in [1.82, 2.24) is 10.3 Å². The molecule has 4 nitrogen and oxygen atoms in total. The van der Waals surface area contributed by atoms with E-state index in [-0.39, 0.29) is 18.1 Å². The van der Waals surface area contributed by atoms with E-state index in [9.17, 15) is 4.79 Å². The molecule has 1 aliphatic rings. The standard InChI is InChI=1S/C15H22N2O2/c1-3-15(2,7-9-18)17-14(19)12-6-8-16-13(10-12)11-4-5-11/h6,8,10-11,18H,3-5,7,9H2,1-2H3,(H,17,19). The van der Waals surface area contributed by atoms with Gasteiger partial charge in [0.2, 0.25) is 0 Å². The number of aromatic nitrogens is 1. The number of nitrogens with zero attached hydrogens (tertiary/aromatic N) is 1. The second-order valence-corrected chi connectivity index (χ2v) is 5.59. The number of hydrogen-bond donors (Lipinski definition) is 2. The summed E-state index contributed by atoms with van der Waals surface area (Å²) >= 11 is 0. The van der Waals surface area contributed by atoms with Crippen LogP contribution in [0.5, 0.6) is 0 Å². The Bertz CT molecular complexity index is 457. The number of aliphatic hydroxyl groups excluding tert-OH is 1. The van der Waals surface area contributed by atoms with Gasteiger partial charge in [0.1, 0.15) is 0 Å². The molecule has 1 aromatic heterocycles. The molecular weight excluding hydrogens is 240 g/mol. The van der Waals surface area contributed by atoms with Crippen LogP contribution in [0.1, 0.15) is 61.5 Å². The number of carbonyl (C=O) groups excluding carboxylic acids is 1. The van der Waals surface area contributed by atoms with Crippen LogP contribution in [0.15, 0.2) is 18.3 Å². The van der Waals surface area contributed by atoms with Crippen molar-refractivity contribution in [3.8, 4) is 0 Å². The van der Waals surface area contributed by atoms with Gasteiger partial charge >= 0.3 is 0 Å². The van der Waals surface area contributed by atoms with Crippen LogP contribution in [0.4, 0.5) is 0 Å². The molecule has 0 radical (unpaired) electrons. The third-order valence-corrected chi connectivity index (χ3v) is 3.90. The first-order valence-corrected chi connectivity index (χ1v) is 6.97. The summed E-state index contributed by atoms with van der Waals surface area (Å²) in [5, 5.41) is 12.1. The Hall–Kier alpha value is -1.42. The van der Waals surface area contributed by atoms with Gasteiger partial charge in [0.25, 0.3) is 5.91 Å². The van der Waals surface area contributed by atoms with Gasteiger partial charge in [0.05, 0.1) is 0 Å². The maximum absolute atomic E-state index is 12.3. The van der Waals surface area contributed by atoms with Gasteiger partial charge in [0.15, 0.2) is 0 Å². The Labute approximate surface area is 114 Å². The average Bonchev–Trinajstić information content (AvgIpc) is 3.23. The molecule has 1 saturated carbocycles. The van der Waals surface area contributed by atoms with Crippen molar-refractivity contribution in [2.45, 2.75) is 51.0 Å². The molecular formula is C15H22N2O2. The van der Waals surface area contributed by atoms with Crippen molar-refractivity contribution in [3.63, 3.8) is 0 Å². The van der Waals surface area contributed by atoms with E-state index >= 15 is 0 Å². The highest BCUT2D eigenvalue weighted by molar-refractivity contribution is 5.94. The van der Waals surface area contributed by atoms with Crippen molar-refractivity contribution >= 4 is 5.91 Å². The molecule has 2 rings (SSSR count). The Balaban J connectivity index is 2.08. The Morgan fingerprint density at radius 3 is 2.89 bits per heavy atom. The van der Waals surface area contributed by atoms with Crippen LogP contribution >= 0.6 is 0 Å². The van der Waals surface area contributed by atoms with E-state index in [2.05, 4.69) is 10.3 Å². The Morgan fingerprint density at radius 1 is 1.58 bits per heavy atom. The molecule has 2 N–H and O–H groups in total. The lowest BCUT2D eigenvalue weighted by molar-refractivity contribution is 0.0886. The molecule has 1 heterocycles. The van der Waals surface area contributed by atoms with E-state index < -0.39 is 0 Å². The molecule has 1 aliphatic carbocycles. The normalized spacial score (nSPS) is 17.8. The van der Waals surface area contributed by atoms with Gasteiger partial charge in [-0.25, -0.2) is 0 Å². The number of nitrogens with one attached hydrogen (secondary N) is 1. The fraction of sp³-hybridized carbons (Fsp3) is 0.600. The summed E-state index contributed by atoms with van der Waals surface area (Å²) in [6.07, 6.45) is 5.41. The van der Waals surface area contributed by atoms with E-state index in [1.54, 1.807) is 12.3 Å². The average molecular weight is 262 g/mol. The van der Waals surface area contributed by atoms with Crippen molar-refractivity contribution in [3.05, 3.63) is 29.6 Å². The molecule has 4 heteroatoms. The Morgan fingerprint density at radius 2 is 2.32 bits per heavy atom. The molecule has 19 heavy (non-hydrogen) atoms. The smallest absolute Gasteiger partial charge is 0.251 e. The number of rotatable bonds is 6. The van der Waals surface area contributed by atoms with Crippen LogP contribution in [0.2, 0.25) is 0 Å². The zero-order chi connectivity index (χ0) is 13.9. The van der Waals surface area contributed by atoms with E-state index in [1.165, 1.54) is 12.8 Å². The molecule has 1 fully saturated rings. The van der Waals surface area contributed by atoms with E-state index in [0.717, 1.165) is 12.1 Å². The maximum atomic E-state index is 12.3. The zero-order valence-electron chi connectivity index (χ0n) is 11.6. The highest BCUT2D eigenvalue weighted by atomic mass is 16.3. The largest absolute Gasteiger partial charge is 0.396 e. The monoisotopic (exact) mass is 262 g/mol. The van der Waals surface area contributed by atoms with Crippen LogP contribution in [0.3, 0.4) is 0 Å². The summed E-state index contributed by atoms with van der Waals surface area (Å²) in [5.74, 6) is 0.463. The summed E-state index contributed by atoms with van der Waals surface area (Å²) in [4.78, 5) is 16.6. The maximum Gasteiger partial charge on any atom is 0.251 e. The number of pyridine rings is 1. The van der Waals surface area contributed by atoms with Gasteiger partial charge in [-0.05, 0) is 44.7 Å². The Kier molecular flexibility index (Phi) is 4.20. The van der Waals surface area contributed by atoms with Crippen molar-refractivity contribution in [2.75, 3.05) is 6.61 Å². The minimum absolute atomic E-state index is 0.0777. The van der Waals surface area contributed by atoms with Crippen LogP contribution in [0, 0.1) is 0 Å². The molecule has 1 aromatic rings.